The van der Waals surface area contributed by atoms with E-state index in [1.807, 2.05) is 12.1 Å². The lowest BCUT2D eigenvalue weighted by molar-refractivity contribution is 0.177. The van der Waals surface area contributed by atoms with Gasteiger partial charge in [-0.1, -0.05) is 42.0 Å². The molecule has 1 aliphatic heterocycles. The van der Waals surface area contributed by atoms with Crippen molar-refractivity contribution in [2.24, 2.45) is 5.92 Å². The Hall–Kier alpha value is -2.39. The number of rotatable bonds is 4. The molecule has 0 amide bonds. The quantitative estimate of drug-likeness (QED) is 0.649. The van der Waals surface area contributed by atoms with Crippen LogP contribution in [0.5, 0.6) is 0 Å². The second-order valence-electron chi connectivity index (χ2n) is 7.50. The number of hydrogen-bond acceptors (Lipinski definition) is 3. The Balaban J connectivity index is 1.44. The van der Waals surface area contributed by atoms with Crippen LogP contribution in [0.1, 0.15) is 29.5 Å². The minimum Gasteiger partial charge on any atom is -0.423 e. The van der Waals surface area contributed by atoms with Crippen molar-refractivity contribution >= 4 is 11.0 Å². The molecule has 3 nitrogen and oxygen atoms in total. The zero-order valence-corrected chi connectivity index (χ0v) is 15.3. The van der Waals surface area contributed by atoms with Crippen LogP contribution in [0.4, 0.5) is 0 Å². The fourth-order valence-electron chi connectivity index (χ4n) is 4.01. The first-order valence-electron chi connectivity index (χ1n) is 9.47. The van der Waals surface area contributed by atoms with Gasteiger partial charge >= 0.3 is 5.63 Å². The lowest BCUT2D eigenvalue weighted by atomic mass is 9.90. The van der Waals surface area contributed by atoms with Crippen LogP contribution in [-0.2, 0) is 13.0 Å². The van der Waals surface area contributed by atoms with Crippen LogP contribution in [0.3, 0.4) is 0 Å². The van der Waals surface area contributed by atoms with Gasteiger partial charge in [-0.05, 0) is 68.5 Å². The molecule has 134 valence electrons. The van der Waals surface area contributed by atoms with Crippen molar-refractivity contribution < 1.29 is 4.42 Å². The summed E-state index contributed by atoms with van der Waals surface area (Å²) in [5.74, 6) is 0.758. The Morgan fingerprint density at radius 2 is 1.81 bits per heavy atom. The van der Waals surface area contributed by atoms with Crippen LogP contribution in [0.15, 0.2) is 63.8 Å². The third-order valence-electron chi connectivity index (χ3n) is 5.45. The summed E-state index contributed by atoms with van der Waals surface area (Å²) >= 11 is 0. The highest BCUT2D eigenvalue weighted by Crippen LogP contribution is 2.25. The summed E-state index contributed by atoms with van der Waals surface area (Å²) in [5, 5.41) is 1.07. The van der Waals surface area contributed by atoms with E-state index in [9.17, 15) is 4.79 Å². The smallest absolute Gasteiger partial charge is 0.336 e. The molecule has 1 aliphatic rings. The number of piperidine rings is 1. The van der Waals surface area contributed by atoms with Crippen molar-refractivity contribution in [2.75, 3.05) is 13.1 Å². The highest BCUT2D eigenvalue weighted by molar-refractivity contribution is 5.80. The Kier molecular flexibility index (Phi) is 4.89. The van der Waals surface area contributed by atoms with Crippen molar-refractivity contribution in [1.29, 1.82) is 0 Å². The van der Waals surface area contributed by atoms with E-state index in [1.54, 1.807) is 6.07 Å². The molecular weight excluding hydrogens is 322 g/mol. The second kappa shape index (κ2) is 7.46. The molecule has 0 bridgehead atoms. The first-order chi connectivity index (χ1) is 12.7. The van der Waals surface area contributed by atoms with Gasteiger partial charge in [0.05, 0.1) is 0 Å². The first-order valence-corrected chi connectivity index (χ1v) is 9.47. The zero-order chi connectivity index (χ0) is 17.9. The monoisotopic (exact) mass is 347 g/mol. The standard InChI is InChI=1S/C23H25NO2/c1-17-7-8-22-21(13-17)20(15-23(25)26-22)16-24-11-9-19(10-12-24)14-18-5-3-2-4-6-18/h2-8,13,15,19H,9-12,14,16H2,1H3. The maximum absolute atomic E-state index is 11.9. The van der Waals surface area contributed by atoms with Gasteiger partial charge in [-0.3, -0.25) is 4.90 Å². The maximum Gasteiger partial charge on any atom is 0.336 e. The van der Waals surface area contributed by atoms with Gasteiger partial charge in [0.1, 0.15) is 5.58 Å². The molecular formula is C23H25NO2. The van der Waals surface area contributed by atoms with E-state index in [1.165, 1.54) is 30.4 Å². The predicted octanol–water partition coefficient (Wildman–Crippen LogP) is 4.56. The van der Waals surface area contributed by atoms with Crippen LogP contribution in [0.25, 0.3) is 11.0 Å². The number of hydrogen-bond donors (Lipinski definition) is 0. The van der Waals surface area contributed by atoms with E-state index in [4.69, 9.17) is 4.42 Å². The van der Waals surface area contributed by atoms with Crippen LogP contribution < -0.4 is 5.63 Å². The molecule has 3 aromatic rings. The molecule has 0 N–H and O–H groups in total. The van der Waals surface area contributed by atoms with Crippen LogP contribution in [-0.4, -0.2) is 18.0 Å². The summed E-state index contributed by atoms with van der Waals surface area (Å²) < 4.78 is 5.36. The van der Waals surface area contributed by atoms with Crippen molar-refractivity contribution in [3.05, 3.63) is 81.7 Å². The molecule has 4 rings (SSSR count). The molecule has 26 heavy (non-hydrogen) atoms. The number of benzene rings is 2. The normalized spacial score (nSPS) is 16.2. The van der Waals surface area contributed by atoms with Gasteiger partial charge in [-0.15, -0.1) is 0 Å². The average molecular weight is 347 g/mol. The molecule has 1 fully saturated rings. The third kappa shape index (κ3) is 3.88. The predicted molar refractivity (Wildman–Crippen MR) is 105 cm³/mol. The Morgan fingerprint density at radius 1 is 1.04 bits per heavy atom. The number of fused-ring (bicyclic) bond motifs is 1. The zero-order valence-electron chi connectivity index (χ0n) is 15.3. The van der Waals surface area contributed by atoms with Crippen molar-refractivity contribution in [3.8, 4) is 0 Å². The maximum atomic E-state index is 11.9. The molecule has 0 unspecified atom stereocenters. The van der Waals surface area contributed by atoms with E-state index in [0.29, 0.717) is 5.58 Å². The van der Waals surface area contributed by atoms with Crippen LogP contribution >= 0.6 is 0 Å². The lowest BCUT2D eigenvalue weighted by Crippen LogP contribution is -2.34. The van der Waals surface area contributed by atoms with Gasteiger partial charge in [-0.2, -0.15) is 0 Å². The number of likely N-dealkylation sites (tertiary alicyclic amines) is 1. The summed E-state index contributed by atoms with van der Waals surface area (Å²) in [5.41, 5.74) is 4.15. The first kappa shape index (κ1) is 17.0. The van der Waals surface area contributed by atoms with E-state index >= 15 is 0 Å². The van der Waals surface area contributed by atoms with Gasteiger partial charge in [0.2, 0.25) is 0 Å². The minimum absolute atomic E-state index is 0.254. The van der Waals surface area contributed by atoms with E-state index in [0.717, 1.165) is 36.5 Å². The largest absolute Gasteiger partial charge is 0.423 e. The van der Waals surface area contributed by atoms with E-state index < -0.39 is 0 Å². The fourth-order valence-corrected chi connectivity index (χ4v) is 4.01. The number of nitrogens with zero attached hydrogens (tertiary/aromatic N) is 1. The third-order valence-corrected chi connectivity index (χ3v) is 5.45. The summed E-state index contributed by atoms with van der Waals surface area (Å²) in [6.07, 6.45) is 3.60. The molecule has 1 aromatic heterocycles. The van der Waals surface area contributed by atoms with Crippen molar-refractivity contribution in [1.82, 2.24) is 4.90 Å². The molecule has 0 aliphatic carbocycles. The Bertz CT molecular complexity index is 937. The van der Waals surface area contributed by atoms with Gasteiger partial charge in [-0.25, -0.2) is 4.79 Å². The topological polar surface area (TPSA) is 33.5 Å². The lowest BCUT2D eigenvalue weighted by Gasteiger charge is -2.32. The second-order valence-corrected chi connectivity index (χ2v) is 7.50. The van der Waals surface area contributed by atoms with Gasteiger partial charge < -0.3 is 4.42 Å². The SMILES string of the molecule is Cc1ccc2oc(=O)cc(CN3CCC(Cc4ccccc4)CC3)c2c1. The molecule has 2 aromatic carbocycles. The van der Waals surface area contributed by atoms with Gasteiger partial charge in [0.25, 0.3) is 0 Å². The van der Waals surface area contributed by atoms with E-state index in [-0.39, 0.29) is 5.63 Å². The van der Waals surface area contributed by atoms with Crippen LogP contribution in [0, 0.1) is 12.8 Å². The van der Waals surface area contributed by atoms with Crippen molar-refractivity contribution in [2.45, 2.75) is 32.7 Å². The number of aryl methyl sites for hydroxylation is 1. The summed E-state index contributed by atoms with van der Waals surface area (Å²) in [7, 11) is 0. The molecule has 2 heterocycles. The molecule has 0 saturated carbocycles. The van der Waals surface area contributed by atoms with Crippen LogP contribution in [0.2, 0.25) is 0 Å². The molecule has 3 heteroatoms. The minimum atomic E-state index is -0.254. The summed E-state index contributed by atoms with van der Waals surface area (Å²) in [6.45, 7) is 5.07. The molecule has 0 radical (unpaired) electrons. The highest BCUT2D eigenvalue weighted by Gasteiger charge is 2.20. The fraction of sp³-hybridized carbons (Fsp3) is 0.348. The van der Waals surface area contributed by atoms with E-state index in [2.05, 4.69) is 48.2 Å². The average Bonchev–Trinajstić information content (AvgIpc) is 2.65. The van der Waals surface area contributed by atoms with Crippen molar-refractivity contribution in [3.63, 3.8) is 0 Å². The molecule has 0 spiro atoms. The highest BCUT2D eigenvalue weighted by atomic mass is 16.4. The summed E-state index contributed by atoms with van der Waals surface area (Å²) in [4.78, 5) is 14.4. The Labute approximate surface area is 154 Å². The summed E-state index contributed by atoms with van der Waals surface area (Å²) in [6, 6.07) is 18.5. The van der Waals surface area contributed by atoms with Gasteiger partial charge in [0.15, 0.2) is 0 Å². The molecule has 1 saturated heterocycles. The Morgan fingerprint density at radius 3 is 2.58 bits per heavy atom. The van der Waals surface area contributed by atoms with Gasteiger partial charge in [0, 0.05) is 18.0 Å². The molecule has 0 atom stereocenters.